The van der Waals surface area contributed by atoms with Crippen molar-refractivity contribution in [3.8, 4) is 0 Å². The lowest BCUT2D eigenvalue weighted by molar-refractivity contribution is 0.0529. The van der Waals surface area contributed by atoms with Crippen LogP contribution >= 0.6 is 0 Å². The van der Waals surface area contributed by atoms with Crippen LogP contribution in [0.3, 0.4) is 0 Å². The van der Waals surface area contributed by atoms with Gasteiger partial charge in [0, 0.05) is 19.2 Å². The summed E-state index contributed by atoms with van der Waals surface area (Å²) >= 11 is 0. The highest BCUT2D eigenvalue weighted by molar-refractivity contribution is 5.49. The molecule has 1 aliphatic heterocycles. The van der Waals surface area contributed by atoms with Gasteiger partial charge in [0.05, 0.1) is 12.7 Å². The van der Waals surface area contributed by atoms with Gasteiger partial charge in [-0.3, -0.25) is 0 Å². The van der Waals surface area contributed by atoms with E-state index in [1.54, 1.807) is 0 Å². The minimum absolute atomic E-state index is 0.235. The summed E-state index contributed by atoms with van der Waals surface area (Å²) in [6.07, 6.45) is 0.235. The summed E-state index contributed by atoms with van der Waals surface area (Å²) in [6.45, 7) is 6.34. The van der Waals surface area contributed by atoms with Crippen LogP contribution in [0.15, 0.2) is 6.07 Å². The third kappa shape index (κ3) is 2.40. The molecule has 2 heterocycles. The van der Waals surface area contributed by atoms with E-state index >= 15 is 0 Å². The number of morpholine rings is 1. The number of hydrogen-bond donors (Lipinski definition) is 2. The van der Waals surface area contributed by atoms with Crippen molar-refractivity contribution in [2.75, 3.05) is 30.0 Å². The molecule has 1 saturated heterocycles. The van der Waals surface area contributed by atoms with Crippen LogP contribution < -0.4 is 16.2 Å². The highest BCUT2D eigenvalue weighted by Gasteiger charge is 2.18. The molecule has 1 aromatic heterocycles. The molecule has 0 spiro atoms. The van der Waals surface area contributed by atoms with Crippen molar-refractivity contribution < 1.29 is 4.74 Å². The van der Waals surface area contributed by atoms with E-state index in [-0.39, 0.29) is 6.10 Å². The number of nitrogen functional groups attached to an aromatic ring is 1. The van der Waals surface area contributed by atoms with Gasteiger partial charge in [0.1, 0.15) is 17.5 Å². The Morgan fingerprint density at radius 2 is 2.38 bits per heavy atom. The van der Waals surface area contributed by atoms with Gasteiger partial charge < -0.3 is 15.1 Å². The Bertz CT molecular complexity index is 370. The second kappa shape index (κ2) is 4.63. The standard InChI is InChI=1S/C10H17N5O/c1-7-6-15(3-4-16-7)10-5-9(14-11)12-8(2)13-10/h5,7H,3-4,6,11H2,1-2H3,(H,12,13,14). The van der Waals surface area contributed by atoms with Crippen molar-refractivity contribution in [2.24, 2.45) is 5.84 Å². The molecule has 1 unspecified atom stereocenters. The van der Waals surface area contributed by atoms with E-state index < -0.39 is 0 Å². The smallest absolute Gasteiger partial charge is 0.145 e. The molecule has 0 aliphatic carbocycles. The van der Waals surface area contributed by atoms with Gasteiger partial charge in [-0.1, -0.05) is 0 Å². The zero-order valence-electron chi connectivity index (χ0n) is 9.60. The summed E-state index contributed by atoms with van der Waals surface area (Å²) in [5.74, 6) is 7.61. The normalized spacial score (nSPS) is 20.9. The number of ether oxygens (including phenoxy) is 1. The van der Waals surface area contributed by atoms with Gasteiger partial charge in [-0.05, 0) is 13.8 Å². The van der Waals surface area contributed by atoms with E-state index in [1.165, 1.54) is 0 Å². The number of rotatable bonds is 2. The van der Waals surface area contributed by atoms with Crippen LogP contribution in [0.1, 0.15) is 12.7 Å². The number of anilines is 2. The Morgan fingerprint density at radius 1 is 1.56 bits per heavy atom. The summed E-state index contributed by atoms with van der Waals surface area (Å²) < 4.78 is 5.49. The van der Waals surface area contributed by atoms with Crippen molar-refractivity contribution in [3.63, 3.8) is 0 Å². The van der Waals surface area contributed by atoms with Gasteiger partial charge >= 0.3 is 0 Å². The molecule has 6 heteroatoms. The summed E-state index contributed by atoms with van der Waals surface area (Å²) in [5.41, 5.74) is 2.55. The first-order chi connectivity index (χ1) is 7.69. The Balaban J connectivity index is 2.21. The number of nitrogens with two attached hydrogens (primary N) is 1. The minimum Gasteiger partial charge on any atom is -0.375 e. The highest BCUT2D eigenvalue weighted by Crippen LogP contribution is 2.18. The Morgan fingerprint density at radius 3 is 3.06 bits per heavy atom. The fraction of sp³-hybridized carbons (Fsp3) is 0.600. The lowest BCUT2D eigenvalue weighted by atomic mass is 10.3. The number of aryl methyl sites for hydroxylation is 1. The van der Waals surface area contributed by atoms with Crippen molar-refractivity contribution in [3.05, 3.63) is 11.9 Å². The number of aromatic nitrogens is 2. The summed E-state index contributed by atoms with van der Waals surface area (Å²) in [7, 11) is 0. The molecule has 0 radical (unpaired) electrons. The molecule has 2 rings (SSSR count). The van der Waals surface area contributed by atoms with E-state index in [2.05, 4.69) is 27.2 Å². The predicted molar refractivity (Wildman–Crippen MR) is 62.2 cm³/mol. The van der Waals surface area contributed by atoms with Gasteiger partial charge in [0.15, 0.2) is 0 Å². The van der Waals surface area contributed by atoms with E-state index in [0.717, 1.165) is 25.5 Å². The molecule has 0 aromatic carbocycles. The van der Waals surface area contributed by atoms with Crippen LogP contribution in [0, 0.1) is 6.92 Å². The van der Waals surface area contributed by atoms with Crippen molar-refractivity contribution in [1.82, 2.24) is 9.97 Å². The molecular weight excluding hydrogens is 206 g/mol. The maximum atomic E-state index is 5.49. The molecule has 0 bridgehead atoms. The lowest BCUT2D eigenvalue weighted by Crippen LogP contribution is -2.41. The minimum atomic E-state index is 0.235. The van der Waals surface area contributed by atoms with E-state index in [4.69, 9.17) is 10.6 Å². The molecule has 0 amide bonds. The lowest BCUT2D eigenvalue weighted by Gasteiger charge is -2.32. The molecule has 1 fully saturated rings. The second-order valence-electron chi connectivity index (χ2n) is 3.93. The fourth-order valence-corrected chi connectivity index (χ4v) is 1.81. The highest BCUT2D eigenvalue weighted by atomic mass is 16.5. The SMILES string of the molecule is Cc1nc(NN)cc(N2CCOC(C)C2)n1. The Kier molecular flexibility index (Phi) is 3.21. The number of hydrogen-bond acceptors (Lipinski definition) is 6. The summed E-state index contributed by atoms with van der Waals surface area (Å²) in [6, 6.07) is 1.85. The quantitative estimate of drug-likeness (QED) is 0.554. The molecule has 0 saturated carbocycles. The van der Waals surface area contributed by atoms with Gasteiger partial charge in [-0.25, -0.2) is 15.8 Å². The second-order valence-corrected chi connectivity index (χ2v) is 3.93. The molecule has 16 heavy (non-hydrogen) atoms. The van der Waals surface area contributed by atoms with Crippen molar-refractivity contribution in [2.45, 2.75) is 20.0 Å². The van der Waals surface area contributed by atoms with Gasteiger partial charge in [0.25, 0.3) is 0 Å². The first kappa shape index (κ1) is 11.1. The molecular formula is C10H17N5O. The Labute approximate surface area is 94.8 Å². The molecule has 1 aromatic rings. The molecule has 1 aliphatic rings. The first-order valence-electron chi connectivity index (χ1n) is 5.38. The maximum absolute atomic E-state index is 5.49. The van der Waals surface area contributed by atoms with Crippen LogP contribution in [0.5, 0.6) is 0 Å². The molecule has 6 nitrogen and oxygen atoms in total. The van der Waals surface area contributed by atoms with Crippen LogP contribution in [0.2, 0.25) is 0 Å². The summed E-state index contributed by atoms with van der Waals surface area (Å²) in [4.78, 5) is 10.7. The zero-order valence-corrected chi connectivity index (χ0v) is 9.60. The third-order valence-corrected chi connectivity index (χ3v) is 2.54. The molecule has 1 atom stereocenters. The topological polar surface area (TPSA) is 76.3 Å². The van der Waals surface area contributed by atoms with Crippen LogP contribution in [-0.4, -0.2) is 35.8 Å². The van der Waals surface area contributed by atoms with E-state index in [9.17, 15) is 0 Å². The molecule has 3 N–H and O–H groups in total. The molecule has 88 valence electrons. The van der Waals surface area contributed by atoms with Gasteiger partial charge in [-0.15, -0.1) is 0 Å². The average molecular weight is 223 g/mol. The van der Waals surface area contributed by atoms with Crippen molar-refractivity contribution in [1.29, 1.82) is 0 Å². The average Bonchev–Trinajstić information content (AvgIpc) is 2.28. The predicted octanol–water partition coefficient (Wildman–Crippen LogP) is 0.296. The third-order valence-electron chi connectivity index (χ3n) is 2.54. The van der Waals surface area contributed by atoms with Crippen LogP contribution in [0.25, 0.3) is 0 Å². The number of hydrazine groups is 1. The first-order valence-corrected chi connectivity index (χ1v) is 5.38. The zero-order chi connectivity index (χ0) is 11.5. The largest absolute Gasteiger partial charge is 0.375 e. The van der Waals surface area contributed by atoms with Crippen molar-refractivity contribution >= 4 is 11.6 Å². The Hall–Kier alpha value is -1.40. The van der Waals surface area contributed by atoms with Crippen LogP contribution in [-0.2, 0) is 4.74 Å². The number of nitrogens with one attached hydrogen (secondary N) is 1. The maximum Gasteiger partial charge on any atom is 0.145 e. The van der Waals surface area contributed by atoms with Gasteiger partial charge in [-0.2, -0.15) is 0 Å². The van der Waals surface area contributed by atoms with E-state index in [1.807, 2.05) is 13.0 Å². The monoisotopic (exact) mass is 223 g/mol. The summed E-state index contributed by atoms with van der Waals surface area (Å²) in [5, 5.41) is 0. The van der Waals surface area contributed by atoms with E-state index in [0.29, 0.717) is 11.6 Å². The number of nitrogens with zero attached hydrogens (tertiary/aromatic N) is 3. The van der Waals surface area contributed by atoms with Gasteiger partial charge in [0.2, 0.25) is 0 Å². The fourth-order valence-electron chi connectivity index (χ4n) is 1.81. The van der Waals surface area contributed by atoms with Crippen LogP contribution in [0.4, 0.5) is 11.6 Å².